The quantitative estimate of drug-likeness (QED) is 0.377. The van der Waals surface area contributed by atoms with Crippen molar-refractivity contribution in [2.45, 2.75) is 10.9 Å². The van der Waals surface area contributed by atoms with Crippen molar-refractivity contribution in [1.82, 2.24) is 9.55 Å². The van der Waals surface area contributed by atoms with Crippen molar-refractivity contribution in [1.29, 1.82) is 0 Å². The van der Waals surface area contributed by atoms with E-state index in [1.165, 1.54) is 24.1 Å². The van der Waals surface area contributed by atoms with Crippen molar-refractivity contribution < 1.29 is 13.9 Å². The second-order valence-electron chi connectivity index (χ2n) is 6.10. The molecule has 2 aromatic heterocycles. The maximum absolute atomic E-state index is 12.6. The molecular formula is C21H16N2O4S. The summed E-state index contributed by atoms with van der Waals surface area (Å²) in [5, 5.41) is 2.50. The van der Waals surface area contributed by atoms with Gasteiger partial charge >= 0.3 is 5.97 Å². The molecule has 0 saturated heterocycles. The maximum Gasteiger partial charge on any atom is 0.344 e. The van der Waals surface area contributed by atoms with Gasteiger partial charge in [-0.3, -0.25) is 4.79 Å². The van der Waals surface area contributed by atoms with Crippen molar-refractivity contribution in [2.75, 3.05) is 0 Å². The summed E-state index contributed by atoms with van der Waals surface area (Å²) >= 11 is 1.45. The van der Waals surface area contributed by atoms with E-state index in [9.17, 15) is 9.59 Å². The highest BCUT2D eigenvalue weighted by Crippen LogP contribution is 2.22. The standard InChI is InChI=1S/C21H16N2O4S/c1-23-10-9-22-21(23)28-13-15-11-18(24)19(12-26-15)27-20(25)17-8-4-6-14-5-2-3-7-16(14)17/h2-12H,13H2,1H3. The number of aromatic nitrogens is 2. The third-order valence-corrected chi connectivity index (χ3v) is 5.27. The average molecular weight is 392 g/mol. The van der Waals surface area contributed by atoms with E-state index in [1.807, 2.05) is 48.1 Å². The normalized spacial score (nSPS) is 10.9. The van der Waals surface area contributed by atoms with E-state index in [0.717, 1.165) is 15.9 Å². The molecule has 0 bridgehead atoms. The molecule has 6 nitrogen and oxygen atoms in total. The van der Waals surface area contributed by atoms with E-state index < -0.39 is 11.4 Å². The number of aryl methyl sites for hydroxylation is 1. The number of hydrogen-bond acceptors (Lipinski definition) is 6. The summed E-state index contributed by atoms with van der Waals surface area (Å²) in [7, 11) is 1.89. The predicted molar refractivity (Wildman–Crippen MR) is 107 cm³/mol. The zero-order valence-corrected chi connectivity index (χ0v) is 15.8. The molecule has 2 heterocycles. The molecule has 0 saturated carbocycles. The summed E-state index contributed by atoms with van der Waals surface area (Å²) in [6.45, 7) is 0. The fraction of sp³-hybridized carbons (Fsp3) is 0.0952. The van der Waals surface area contributed by atoms with Gasteiger partial charge in [-0.05, 0) is 16.8 Å². The lowest BCUT2D eigenvalue weighted by Crippen LogP contribution is -2.15. The Labute approximate surface area is 164 Å². The Kier molecular flexibility index (Phi) is 4.99. The first-order valence-corrected chi connectivity index (χ1v) is 9.52. The molecule has 0 amide bonds. The van der Waals surface area contributed by atoms with E-state index >= 15 is 0 Å². The minimum Gasteiger partial charge on any atom is -0.464 e. The summed E-state index contributed by atoms with van der Waals surface area (Å²) < 4.78 is 12.6. The molecule has 2 aromatic carbocycles. The molecule has 28 heavy (non-hydrogen) atoms. The van der Waals surface area contributed by atoms with Gasteiger partial charge < -0.3 is 13.7 Å². The molecule has 0 unspecified atom stereocenters. The number of carbonyl (C=O) groups excluding carboxylic acids is 1. The summed E-state index contributed by atoms with van der Waals surface area (Å²) in [6.07, 6.45) is 4.72. The number of nitrogens with zero attached hydrogens (tertiary/aromatic N) is 2. The lowest BCUT2D eigenvalue weighted by Gasteiger charge is -2.07. The molecule has 7 heteroatoms. The Hall–Kier alpha value is -3.32. The van der Waals surface area contributed by atoms with Gasteiger partial charge in [0.2, 0.25) is 11.2 Å². The Morgan fingerprint density at radius 1 is 1.21 bits per heavy atom. The SMILES string of the molecule is Cn1ccnc1SCc1cc(=O)c(OC(=O)c2cccc3ccccc23)co1. The number of fused-ring (bicyclic) bond motifs is 1. The third kappa shape index (κ3) is 3.70. The largest absolute Gasteiger partial charge is 0.464 e. The zero-order chi connectivity index (χ0) is 19.5. The molecule has 0 radical (unpaired) electrons. The second kappa shape index (κ2) is 7.74. The monoisotopic (exact) mass is 392 g/mol. The van der Waals surface area contributed by atoms with Crippen molar-refractivity contribution in [3.05, 3.63) is 88.7 Å². The molecule has 0 fully saturated rings. The highest BCUT2D eigenvalue weighted by molar-refractivity contribution is 7.98. The number of thioether (sulfide) groups is 1. The highest BCUT2D eigenvalue weighted by atomic mass is 32.2. The van der Waals surface area contributed by atoms with Crippen LogP contribution in [0.4, 0.5) is 0 Å². The number of ether oxygens (including phenoxy) is 1. The number of esters is 1. The van der Waals surface area contributed by atoms with Crippen LogP contribution in [0, 0.1) is 0 Å². The van der Waals surface area contributed by atoms with Crippen LogP contribution in [-0.4, -0.2) is 15.5 Å². The van der Waals surface area contributed by atoms with Crippen LogP contribution in [0.3, 0.4) is 0 Å². The first-order valence-electron chi connectivity index (χ1n) is 8.53. The van der Waals surface area contributed by atoms with Crippen LogP contribution in [0.2, 0.25) is 0 Å². The van der Waals surface area contributed by atoms with Gasteiger partial charge in [-0.1, -0.05) is 48.2 Å². The van der Waals surface area contributed by atoms with E-state index in [0.29, 0.717) is 17.1 Å². The van der Waals surface area contributed by atoms with Crippen LogP contribution in [0.15, 0.2) is 81.6 Å². The summed E-state index contributed by atoms with van der Waals surface area (Å²) in [5.74, 6) is 0.184. The van der Waals surface area contributed by atoms with Crippen LogP contribution >= 0.6 is 11.8 Å². The van der Waals surface area contributed by atoms with Crippen LogP contribution < -0.4 is 10.2 Å². The predicted octanol–water partition coefficient (Wildman–Crippen LogP) is 4.04. The third-order valence-electron chi connectivity index (χ3n) is 4.18. The van der Waals surface area contributed by atoms with Crippen LogP contribution in [-0.2, 0) is 12.8 Å². The smallest absolute Gasteiger partial charge is 0.344 e. The van der Waals surface area contributed by atoms with Crippen molar-refractivity contribution in [2.24, 2.45) is 7.05 Å². The van der Waals surface area contributed by atoms with E-state index in [-0.39, 0.29) is 5.75 Å². The fourth-order valence-electron chi connectivity index (χ4n) is 2.77. The first-order chi connectivity index (χ1) is 13.6. The molecule has 140 valence electrons. The first kappa shape index (κ1) is 18.1. The molecule has 4 aromatic rings. The molecule has 0 spiro atoms. The Balaban J connectivity index is 1.51. The van der Waals surface area contributed by atoms with Gasteiger partial charge in [-0.25, -0.2) is 9.78 Å². The van der Waals surface area contributed by atoms with Crippen LogP contribution in [0.5, 0.6) is 5.75 Å². The molecule has 0 aliphatic carbocycles. The van der Waals surface area contributed by atoms with Gasteiger partial charge in [-0.2, -0.15) is 0 Å². The average Bonchev–Trinajstić information content (AvgIpc) is 3.12. The molecule has 4 rings (SSSR count). The highest BCUT2D eigenvalue weighted by Gasteiger charge is 2.15. The molecule has 0 aliphatic rings. The van der Waals surface area contributed by atoms with E-state index in [4.69, 9.17) is 9.15 Å². The number of rotatable bonds is 5. The zero-order valence-electron chi connectivity index (χ0n) is 15.0. The number of imidazole rings is 1. The second-order valence-corrected chi connectivity index (χ2v) is 7.04. The van der Waals surface area contributed by atoms with Gasteiger partial charge in [0.15, 0.2) is 5.16 Å². The summed E-state index contributed by atoms with van der Waals surface area (Å²) in [4.78, 5) is 29.1. The number of hydrogen-bond donors (Lipinski definition) is 0. The minimum absolute atomic E-state index is 0.135. The number of carbonyl (C=O) groups is 1. The fourth-order valence-corrected chi connectivity index (χ4v) is 3.60. The molecular weight excluding hydrogens is 376 g/mol. The molecule has 0 N–H and O–H groups in total. The van der Waals surface area contributed by atoms with Crippen LogP contribution in [0.1, 0.15) is 16.1 Å². The van der Waals surface area contributed by atoms with Crippen molar-refractivity contribution in [3.63, 3.8) is 0 Å². The van der Waals surface area contributed by atoms with Crippen molar-refractivity contribution in [3.8, 4) is 5.75 Å². The molecule has 0 aliphatic heterocycles. The lowest BCUT2D eigenvalue weighted by atomic mass is 10.1. The minimum atomic E-state index is -0.598. The Bertz CT molecular complexity index is 1210. The van der Waals surface area contributed by atoms with Gasteiger partial charge in [0, 0.05) is 25.5 Å². The lowest BCUT2D eigenvalue weighted by molar-refractivity contribution is 0.0731. The van der Waals surface area contributed by atoms with E-state index in [2.05, 4.69) is 4.98 Å². The van der Waals surface area contributed by atoms with Gasteiger partial charge in [-0.15, -0.1) is 0 Å². The Morgan fingerprint density at radius 3 is 2.82 bits per heavy atom. The summed E-state index contributed by atoms with van der Waals surface area (Å²) in [5.41, 5.74) is -0.0119. The van der Waals surface area contributed by atoms with Crippen molar-refractivity contribution >= 4 is 28.5 Å². The summed E-state index contributed by atoms with van der Waals surface area (Å²) in [6, 6.07) is 14.2. The number of benzene rings is 2. The van der Waals surface area contributed by atoms with E-state index in [1.54, 1.807) is 18.3 Å². The molecule has 0 atom stereocenters. The van der Waals surface area contributed by atoms with Gasteiger partial charge in [0.25, 0.3) is 0 Å². The van der Waals surface area contributed by atoms with Gasteiger partial charge in [0.1, 0.15) is 12.0 Å². The Morgan fingerprint density at radius 2 is 2.04 bits per heavy atom. The maximum atomic E-state index is 12.6. The van der Waals surface area contributed by atoms with Gasteiger partial charge in [0.05, 0.1) is 11.3 Å². The topological polar surface area (TPSA) is 74.3 Å². The van der Waals surface area contributed by atoms with Crippen LogP contribution in [0.25, 0.3) is 10.8 Å².